The van der Waals surface area contributed by atoms with E-state index in [-0.39, 0.29) is 11.8 Å². The zero-order valence-electron chi connectivity index (χ0n) is 15.0. The van der Waals surface area contributed by atoms with E-state index in [9.17, 15) is 4.79 Å². The molecule has 1 aromatic heterocycles. The molecule has 0 aliphatic carbocycles. The number of rotatable bonds is 6. The molecule has 0 radical (unpaired) electrons. The molecule has 0 bridgehead atoms. The Bertz CT molecular complexity index is 722. The van der Waals surface area contributed by atoms with Gasteiger partial charge >= 0.3 is 0 Å². The van der Waals surface area contributed by atoms with Gasteiger partial charge in [0.05, 0.1) is 19.9 Å². The van der Waals surface area contributed by atoms with Crippen molar-refractivity contribution in [3.05, 3.63) is 40.8 Å². The first kappa shape index (κ1) is 17.8. The van der Waals surface area contributed by atoms with Crippen LogP contribution in [0.4, 0.5) is 0 Å². The van der Waals surface area contributed by atoms with Gasteiger partial charge in [-0.1, -0.05) is 19.0 Å². The van der Waals surface area contributed by atoms with Crippen molar-refractivity contribution < 1.29 is 18.8 Å². The molecule has 130 valence electrons. The molecule has 0 aliphatic rings. The average molecular weight is 332 g/mol. The van der Waals surface area contributed by atoms with Crippen LogP contribution in [0.25, 0.3) is 0 Å². The van der Waals surface area contributed by atoms with Gasteiger partial charge in [0.1, 0.15) is 17.1 Å². The van der Waals surface area contributed by atoms with E-state index >= 15 is 0 Å². The monoisotopic (exact) mass is 332 g/mol. The van der Waals surface area contributed by atoms with Gasteiger partial charge < -0.3 is 18.9 Å². The molecule has 2 rings (SSSR count). The maximum atomic E-state index is 12.8. The molecule has 2 aromatic rings. The summed E-state index contributed by atoms with van der Waals surface area (Å²) in [6.45, 7) is 6.14. The quantitative estimate of drug-likeness (QED) is 0.811. The molecule has 24 heavy (non-hydrogen) atoms. The number of hydrogen-bond donors (Lipinski definition) is 0. The minimum Gasteiger partial charge on any atom is -0.497 e. The summed E-state index contributed by atoms with van der Waals surface area (Å²) in [6.07, 6.45) is 0. The maximum absolute atomic E-state index is 12.8. The summed E-state index contributed by atoms with van der Waals surface area (Å²) in [5.41, 5.74) is 2.05. The van der Waals surface area contributed by atoms with Crippen molar-refractivity contribution in [2.24, 2.45) is 0 Å². The summed E-state index contributed by atoms with van der Waals surface area (Å²) in [4.78, 5) is 14.5. The van der Waals surface area contributed by atoms with Gasteiger partial charge in [-0.2, -0.15) is 0 Å². The third kappa shape index (κ3) is 3.53. The summed E-state index contributed by atoms with van der Waals surface area (Å²) < 4.78 is 15.9. The van der Waals surface area contributed by atoms with Crippen molar-refractivity contribution in [2.45, 2.75) is 33.2 Å². The predicted molar refractivity (Wildman–Crippen MR) is 90.7 cm³/mol. The number of nitrogens with zero attached hydrogens (tertiary/aromatic N) is 2. The van der Waals surface area contributed by atoms with Gasteiger partial charge in [-0.05, 0) is 19.1 Å². The first-order valence-corrected chi connectivity index (χ1v) is 7.81. The molecule has 0 fully saturated rings. The topological polar surface area (TPSA) is 64.8 Å². The maximum Gasteiger partial charge on any atom is 0.259 e. The summed E-state index contributed by atoms with van der Waals surface area (Å²) in [5, 5.41) is 3.94. The molecular weight excluding hydrogens is 308 g/mol. The van der Waals surface area contributed by atoms with Crippen LogP contribution in [0.1, 0.15) is 47.1 Å². The number of aryl methyl sites for hydroxylation is 1. The minimum atomic E-state index is -0.115. The number of carbonyl (C=O) groups is 1. The van der Waals surface area contributed by atoms with Crippen molar-refractivity contribution >= 4 is 5.91 Å². The Balaban J connectivity index is 2.26. The Morgan fingerprint density at radius 2 is 2.00 bits per heavy atom. The lowest BCUT2D eigenvalue weighted by atomic mass is 10.0. The molecular formula is C18H24N2O4. The lowest BCUT2D eigenvalue weighted by Crippen LogP contribution is -2.27. The van der Waals surface area contributed by atoms with Gasteiger partial charge in [0.25, 0.3) is 5.91 Å². The van der Waals surface area contributed by atoms with E-state index in [1.807, 2.05) is 26.0 Å². The smallest absolute Gasteiger partial charge is 0.259 e. The molecule has 1 amide bonds. The van der Waals surface area contributed by atoms with E-state index < -0.39 is 0 Å². The predicted octanol–water partition coefficient (Wildman–Crippen LogP) is 3.40. The van der Waals surface area contributed by atoms with Gasteiger partial charge in [-0.25, -0.2) is 0 Å². The Hall–Kier alpha value is -2.50. The Morgan fingerprint density at radius 1 is 1.29 bits per heavy atom. The van der Waals surface area contributed by atoms with E-state index in [2.05, 4.69) is 5.16 Å². The van der Waals surface area contributed by atoms with Gasteiger partial charge in [-0.15, -0.1) is 0 Å². The molecule has 6 nitrogen and oxygen atoms in total. The van der Waals surface area contributed by atoms with Crippen molar-refractivity contribution in [1.29, 1.82) is 0 Å². The summed E-state index contributed by atoms with van der Waals surface area (Å²) in [5.74, 6) is 1.98. The zero-order valence-corrected chi connectivity index (χ0v) is 15.0. The lowest BCUT2D eigenvalue weighted by molar-refractivity contribution is 0.0780. The minimum absolute atomic E-state index is 0.0917. The first-order valence-electron chi connectivity index (χ1n) is 7.81. The van der Waals surface area contributed by atoms with E-state index in [1.54, 1.807) is 39.2 Å². The largest absolute Gasteiger partial charge is 0.497 e. The van der Waals surface area contributed by atoms with E-state index in [0.29, 0.717) is 35.1 Å². The van der Waals surface area contributed by atoms with Crippen molar-refractivity contribution in [3.8, 4) is 11.5 Å². The number of aromatic nitrogens is 1. The van der Waals surface area contributed by atoms with Crippen LogP contribution < -0.4 is 9.47 Å². The number of benzene rings is 1. The number of methoxy groups -OCH3 is 2. The fraction of sp³-hybridized carbons (Fsp3) is 0.444. The SMILES string of the molecule is COc1ccc(CN(C)C(=O)c2c(C)noc2C(C)C)c(OC)c1. The Labute approximate surface area is 142 Å². The second-order valence-electron chi connectivity index (χ2n) is 6.00. The Kier molecular flexibility index (Phi) is 5.49. The summed E-state index contributed by atoms with van der Waals surface area (Å²) >= 11 is 0. The fourth-order valence-corrected chi connectivity index (χ4v) is 2.54. The highest BCUT2D eigenvalue weighted by Crippen LogP contribution is 2.27. The molecule has 6 heteroatoms. The van der Waals surface area contributed by atoms with Crippen LogP contribution in [0, 0.1) is 6.92 Å². The molecule has 0 spiro atoms. The van der Waals surface area contributed by atoms with E-state index in [0.717, 1.165) is 5.56 Å². The van der Waals surface area contributed by atoms with Crippen LogP contribution in [0.2, 0.25) is 0 Å². The highest BCUT2D eigenvalue weighted by molar-refractivity contribution is 5.96. The average Bonchev–Trinajstić information content (AvgIpc) is 2.96. The zero-order chi connectivity index (χ0) is 17.9. The molecule has 1 heterocycles. The summed E-state index contributed by atoms with van der Waals surface area (Å²) in [6, 6.07) is 5.55. The number of ether oxygens (including phenoxy) is 2. The molecule has 0 unspecified atom stereocenters. The Morgan fingerprint density at radius 3 is 2.58 bits per heavy atom. The third-order valence-electron chi connectivity index (χ3n) is 3.88. The molecule has 0 saturated carbocycles. The van der Waals surface area contributed by atoms with Gasteiger partial charge in [0.2, 0.25) is 0 Å². The highest BCUT2D eigenvalue weighted by atomic mass is 16.5. The lowest BCUT2D eigenvalue weighted by Gasteiger charge is -2.19. The molecule has 0 atom stereocenters. The van der Waals surface area contributed by atoms with Crippen LogP contribution in [0.3, 0.4) is 0 Å². The molecule has 0 aliphatic heterocycles. The van der Waals surface area contributed by atoms with Crippen molar-refractivity contribution in [3.63, 3.8) is 0 Å². The van der Waals surface area contributed by atoms with Crippen LogP contribution in [-0.4, -0.2) is 37.2 Å². The second-order valence-corrected chi connectivity index (χ2v) is 6.00. The fourth-order valence-electron chi connectivity index (χ4n) is 2.54. The van der Waals surface area contributed by atoms with Crippen molar-refractivity contribution in [1.82, 2.24) is 10.1 Å². The van der Waals surface area contributed by atoms with Crippen LogP contribution in [0.15, 0.2) is 22.7 Å². The molecule has 0 saturated heterocycles. The summed E-state index contributed by atoms with van der Waals surface area (Å²) in [7, 11) is 4.95. The number of carbonyl (C=O) groups excluding carboxylic acids is 1. The third-order valence-corrected chi connectivity index (χ3v) is 3.88. The van der Waals surface area contributed by atoms with Gasteiger partial charge in [0.15, 0.2) is 5.76 Å². The van der Waals surface area contributed by atoms with Crippen LogP contribution in [-0.2, 0) is 6.54 Å². The number of amides is 1. The first-order chi connectivity index (χ1) is 11.4. The van der Waals surface area contributed by atoms with E-state index in [4.69, 9.17) is 14.0 Å². The van der Waals surface area contributed by atoms with Crippen LogP contribution >= 0.6 is 0 Å². The van der Waals surface area contributed by atoms with Crippen molar-refractivity contribution in [2.75, 3.05) is 21.3 Å². The normalized spacial score (nSPS) is 10.8. The van der Waals surface area contributed by atoms with Gasteiger partial charge in [-0.3, -0.25) is 4.79 Å². The molecule has 0 N–H and O–H groups in total. The van der Waals surface area contributed by atoms with E-state index in [1.165, 1.54) is 0 Å². The standard InChI is InChI=1S/C18H24N2O4/c1-11(2)17-16(12(3)19-24-17)18(21)20(4)10-13-7-8-14(22-5)9-15(13)23-6/h7-9,11H,10H2,1-6H3. The second kappa shape index (κ2) is 7.38. The number of hydrogen-bond acceptors (Lipinski definition) is 5. The highest BCUT2D eigenvalue weighted by Gasteiger charge is 2.25. The van der Waals surface area contributed by atoms with Crippen LogP contribution in [0.5, 0.6) is 11.5 Å². The van der Waals surface area contributed by atoms with Gasteiger partial charge in [0, 0.05) is 31.1 Å². The molecule has 1 aromatic carbocycles.